The van der Waals surface area contributed by atoms with E-state index in [1.54, 1.807) is 0 Å². The zero-order valence-electron chi connectivity index (χ0n) is 27.8. The summed E-state index contributed by atoms with van der Waals surface area (Å²) in [6, 6.07) is 8.53. The van der Waals surface area contributed by atoms with Crippen molar-refractivity contribution in [2.45, 2.75) is 69.4 Å². The van der Waals surface area contributed by atoms with Crippen molar-refractivity contribution in [3.8, 4) is 23.0 Å². The van der Waals surface area contributed by atoms with E-state index in [4.69, 9.17) is 54.7 Å². The summed E-state index contributed by atoms with van der Waals surface area (Å²) >= 11 is 0. The normalized spacial score (nSPS) is 16.7. The SMILES string of the molecule is COc1ccc(Oc2c(C(F)(F)F)oc3c(CN4CCCCC4C)c(O)ccc3c2=O)cc1.O=C(O)C(O)C(O)C(=O)O.O=C(O)[C@H](O)[C@@H](O)C(=O)O. The van der Waals surface area contributed by atoms with Gasteiger partial charge in [-0.2, -0.15) is 13.2 Å². The van der Waals surface area contributed by atoms with E-state index in [0.29, 0.717) is 5.75 Å². The first kappa shape index (κ1) is 43.7. The molecule has 292 valence electrons. The lowest BCUT2D eigenvalue weighted by atomic mass is 10.0. The summed E-state index contributed by atoms with van der Waals surface area (Å²) < 4.78 is 57.4. The minimum absolute atomic E-state index is 0.0223. The molecular weight excluding hydrogens is 727 g/mol. The molecular formula is C32H36F3NO17. The van der Waals surface area contributed by atoms with E-state index in [1.165, 1.54) is 43.5 Å². The summed E-state index contributed by atoms with van der Waals surface area (Å²) in [5, 5.41) is 75.4. The topological polar surface area (TPSA) is 302 Å². The third-order valence-corrected chi connectivity index (χ3v) is 7.55. The van der Waals surface area contributed by atoms with Gasteiger partial charge >= 0.3 is 30.1 Å². The van der Waals surface area contributed by atoms with Gasteiger partial charge in [0.05, 0.1) is 18.1 Å². The molecule has 3 aromatic rings. The summed E-state index contributed by atoms with van der Waals surface area (Å²) in [6.45, 7) is 2.94. The summed E-state index contributed by atoms with van der Waals surface area (Å²) in [6.07, 6.45) is -11.1. The minimum Gasteiger partial charge on any atom is -0.507 e. The largest absolute Gasteiger partial charge is 0.507 e. The number of fused-ring (bicyclic) bond motifs is 1. The van der Waals surface area contributed by atoms with Crippen LogP contribution < -0.4 is 14.9 Å². The van der Waals surface area contributed by atoms with E-state index in [9.17, 15) is 42.3 Å². The number of carboxylic acids is 4. The number of carboxylic acid groups (broad SMARTS) is 4. The number of benzene rings is 2. The molecule has 21 heteroatoms. The van der Waals surface area contributed by atoms with Crippen LogP contribution >= 0.6 is 0 Å². The first-order valence-electron chi connectivity index (χ1n) is 15.2. The van der Waals surface area contributed by atoms with E-state index < -0.39 is 71.4 Å². The van der Waals surface area contributed by atoms with Gasteiger partial charge in [-0.25, -0.2) is 19.2 Å². The predicted octanol–water partition coefficient (Wildman–Crippen LogP) is 1.45. The minimum atomic E-state index is -4.99. The summed E-state index contributed by atoms with van der Waals surface area (Å²) in [5.74, 6) is -9.29. The molecule has 0 spiro atoms. The van der Waals surface area contributed by atoms with Crippen molar-refractivity contribution in [2.75, 3.05) is 13.7 Å². The third kappa shape index (κ3) is 11.8. The number of aliphatic carboxylic acids is 4. The molecule has 9 N–H and O–H groups in total. The number of nitrogens with zero attached hydrogens (tertiary/aromatic N) is 1. The van der Waals surface area contributed by atoms with Crippen LogP contribution in [0.4, 0.5) is 13.2 Å². The highest BCUT2D eigenvalue weighted by Crippen LogP contribution is 2.40. The lowest BCUT2D eigenvalue weighted by molar-refractivity contribution is -0.165. The van der Waals surface area contributed by atoms with Crippen molar-refractivity contribution >= 4 is 34.8 Å². The number of ether oxygens (including phenoxy) is 2. The highest BCUT2D eigenvalue weighted by atomic mass is 19.4. The lowest BCUT2D eigenvalue weighted by Crippen LogP contribution is -2.39. The predicted molar refractivity (Wildman–Crippen MR) is 171 cm³/mol. The van der Waals surface area contributed by atoms with Crippen LogP contribution in [-0.4, -0.2) is 119 Å². The Bertz CT molecular complexity index is 1740. The maximum atomic E-state index is 13.9. The van der Waals surface area contributed by atoms with Gasteiger partial charge in [-0.1, -0.05) is 6.42 Å². The molecule has 5 atom stereocenters. The van der Waals surface area contributed by atoms with Crippen molar-refractivity contribution in [3.63, 3.8) is 0 Å². The number of aromatic hydroxyl groups is 1. The molecule has 53 heavy (non-hydrogen) atoms. The van der Waals surface area contributed by atoms with Crippen molar-refractivity contribution in [3.05, 3.63) is 57.9 Å². The van der Waals surface area contributed by atoms with E-state index >= 15 is 0 Å². The number of methoxy groups -OCH3 is 1. The van der Waals surface area contributed by atoms with Crippen LogP contribution in [-0.2, 0) is 31.9 Å². The fraction of sp³-hybridized carbons (Fsp3) is 0.406. The number of halogens is 3. The number of phenols is 1. The summed E-state index contributed by atoms with van der Waals surface area (Å²) in [5.41, 5.74) is -1.10. The Morgan fingerprint density at radius 1 is 0.830 bits per heavy atom. The number of carbonyl (C=O) groups is 4. The van der Waals surface area contributed by atoms with Crippen LogP contribution in [0.15, 0.2) is 45.6 Å². The molecule has 2 aromatic carbocycles. The van der Waals surface area contributed by atoms with Gasteiger partial charge in [0.1, 0.15) is 22.8 Å². The Morgan fingerprint density at radius 2 is 1.30 bits per heavy atom. The van der Waals surface area contributed by atoms with Gasteiger partial charge in [0.25, 0.3) is 5.76 Å². The molecule has 0 bridgehead atoms. The zero-order chi connectivity index (χ0) is 40.4. The van der Waals surface area contributed by atoms with Gasteiger partial charge in [-0.3, -0.25) is 9.69 Å². The number of aliphatic hydroxyl groups is 4. The Kier molecular flexibility index (Phi) is 15.5. The zero-order valence-corrected chi connectivity index (χ0v) is 27.8. The van der Waals surface area contributed by atoms with Gasteiger partial charge in [0.2, 0.25) is 11.2 Å². The van der Waals surface area contributed by atoms with Crippen LogP contribution in [0.2, 0.25) is 0 Å². The van der Waals surface area contributed by atoms with Crippen molar-refractivity contribution in [1.29, 1.82) is 0 Å². The van der Waals surface area contributed by atoms with Gasteiger partial charge in [-0.15, -0.1) is 0 Å². The Morgan fingerprint density at radius 3 is 1.72 bits per heavy atom. The maximum Gasteiger partial charge on any atom is 0.453 e. The number of likely N-dealkylation sites (tertiary alicyclic amines) is 1. The molecule has 2 heterocycles. The molecule has 1 saturated heterocycles. The lowest BCUT2D eigenvalue weighted by Gasteiger charge is -2.33. The van der Waals surface area contributed by atoms with Crippen molar-refractivity contribution < 1.29 is 92.2 Å². The second-order valence-electron chi connectivity index (χ2n) is 11.3. The van der Waals surface area contributed by atoms with Crippen LogP contribution in [0.25, 0.3) is 11.0 Å². The average Bonchev–Trinajstić information content (AvgIpc) is 3.10. The second-order valence-corrected chi connectivity index (χ2v) is 11.3. The standard InChI is InChI=1S/C24H24F3NO5.2C4H6O6/c1-14-5-3-4-12-28(14)13-18-19(29)11-10-17-20(30)22(23(24(25,26)27)33-21(17)18)32-16-8-6-15(31-2)7-9-16;2*5-1(3(7)8)2(6)4(9)10/h6-11,14,29H,3-5,12-13H2,1-2H3;2*1-2,5-6H,(H,7,8)(H,9,10)/t;1-,2-;/m.1./s1. The van der Waals surface area contributed by atoms with Gasteiger partial charge in [-0.05, 0) is 62.7 Å². The monoisotopic (exact) mass is 763 g/mol. The maximum absolute atomic E-state index is 13.9. The molecule has 0 saturated carbocycles. The molecule has 18 nitrogen and oxygen atoms in total. The van der Waals surface area contributed by atoms with E-state index in [0.717, 1.165) is 25.8 Å². The van der Waals surface area contributed by atoms with Crippen molar-refractivity contribution in [2.24, 2.45) is 0 Å². The van der Waals surface area contributed by atoms with E-state index in [2.05, 4.69) is 4.90 Å². The first-order chi connectivity index (χ1) is 24.6. The molecule has 0 amide bonds. The molecule has 3 unspecified atom stereocenters. The Labute approximate surface area is 296 Å². The van der Waals surface area contributed by atoms with E-state index in [1.807, 2.05) is 6.92 Å². The fourth-order valence-electron chi connectivity index (χ4n) is 4.62. The average molecular weight is 764 g/mol. The third-order valence-electron chi connectivity index (χ3n) is 7.55. The van der Waals surface area contributed by atoms with Gasteiger partial charge < -0.3 is 59.8 Å². The molecule has 1 aliphatic heterocycles. The number of aliphatic hydroxyl groups excluding tert-OH is 4. The van der Waals surface area contributed by atoms with Crippen LogP contribution in [0, 0.1) is 0 Å². The molecule has 1 fully saturated rings. The van der Waals surface area contributed by atoms with Gasteiger partial charge in [0, 0.05) is 12.6 Å². The smallest absolute Gasteiger partial charge is 0.453 e. The summed E-state index contributed by atoms with van der Waals surface area (Å²) in [4.78, 5) is 54.3. The van der Waals surface area contributed by atoms with Crippen LogP contribution in [0.3, 0.4) is 0 Å². The quantitative estimate of drug-likeness (QED) is 0.133. The number of piperidine rings is 1. The number of rotatable bonds is 11. The molecule has 4 rings (SSSR count). The van der Waals surface area contributed by atoms with Crippen LogP contribution in [0.5, 0.6) is 23.0 Å². The fourth-order valence-corrected chi connectivity index (χ4v) is 4.62. The second kappa shape index (κ2) is 18.8. The Balaban J connectivity index is 0.000000399. The number of hydrogen-bond donors (Lipinski definition) is 9. The van der Waals surface area contributed by atoms with Gasteiger partial charge in [0.15, 0.2) is 24.4 Å². The highest BCUT2D eigenvalue weighted by molar-refractivity contribution is 5.84. The summed E-state index contributed by atoms with van der Waals surface area (Å²) in [7, 11) is 1.45. The molecule has 1 aliphatic rings. The number of hydrogen-bond acceptors (Lipinski definition) is 14. The first-order valence-corrected chi connectivity index (χ1v) is 15.2. The molecule has 1 aromatic heterocycles. The van der Waals surface area contributed by atoms with Crippen molar-refractivity contribution in [1.82, 2.24) is 4.90 Å². The molecule has 0 aliphatic carbocycles. The number of phenolic OH excluding ortho intramolecular Hbond substituents is 1. The number of alkyl halides is 3. The molecule has 0 radical (unpaired) electrons. The van der Waals surface area contributed by atoms with E-state index in [-0.39, 0.29) is 40.6 Å². The van der Waals surface area contributed by atoms with Crippen LogP contribution in [0.1, 0.15) is 37.5 Å². The Hall–Kier alpha value is -5.48. The highest BCUT2D eigenvalue weighted by Gasteiger charge is 2.41.